The molecule has 3 nitrogen and oxygen atoms in total. The molecule has 0 aromatic rings. The molecular weight excluding hydrogens is 257 g/mol. The van der Waals surface area contributed by atoms with Crippen LogP contribution < -0.4 is 5.32 Å². The van der Waals surface area contributed by atoms with Crippen molar-refractivity contribution in [3.63, 3.8) is 0 Å². The summed E-state index contributed by atoms with van der Waals surface area (Å²) >= 11 is 0. The normalized spacial score (nSPS) is 25.3. The Labute approximate surface area is 113 Å². The molecule has 1 aliphatic heterocycles. The van der Waals surface area contributed by atoms with Crippen LogP contribution in [0.2, 0.25) is 0 Å². The fourth-order valence-corrected chi connectivity index (χ4v) is 2.69. The number of nitrogens with zero attached hydrogens (tertiary/aromatic N) is 1. The van der Waals surface area contributed by atoms with Crippen LogP contribution in [0.1, 0.15) is 26.7 Å². The zero-order valence-electron chi connectivity index (χ0n) is 12.0. The second-order valence-electron chi connectivity index (χ2n) is 5.80. The van der Waals surface area contributed by atoms with E-state index in [0.717, 1.165) is 12.8 Å². The fourth-order valence-electron chi connectivity index (χ4n) is 2.69. The van der Waals surface area contributed by atoms with Crippen molar-refractivity contribution < 1.29 is 17.9 Å². The highest BCUT2D eigenvalue weighted by Gasteiger charge is 2.39. The number of hydrogen-bond donors (Lipinski definition) is 1. The van der Waals surface area contributed by atoms with Crippen molar-refractivity contribution >= 4 is 0 Å². The van der Waals surface area contributed by atoms with Gasteiger partial charge in [0.15, 0.2) is 0 Å². The van der Waals surface area contributed by atoms with Crippen molar-refractivity contribution in [2.24, 2.45) is 5.41 Å². The van der Waals surface area contributed by atoms with Gasteiger partial charge in [-0.3, -0.25) is 4.90 Å². The lowest BCUT2D eigenvalue weighted by Crippen LogP contribution is -2.52. The monoisotopic (exact) mass is 282 g/mol. The van der Waals surface area contributed by atoms with Crippen molar-refractivity contribution in [2.75, 3.05) is 39.9 Å². The molecule has 0 bridgehead atoms. The Kier molecular flexibility index (Phi) is 6.08. The Hall–Kier alpha value is -0.330. The van der Waals surface area contributed by atoms with Gasteiger partial charge in [-0.25, -0.2) is 0 Å². The molecule has 19 heavy (non-hydrogen) atoms. The predicted octanol–water partition coefficient (Wildman–Crippen LogP) is 2.28. The molecule has 1 fully saturated rings. The van der Waals surface area contributed by atoms with Crippen molar-refractivity contribution in [3.8, 4) is 0 Å². The largest absolute Gasteiger partial charge is 0.401 e. The van der Waals surface area contributed by atoms with Gasteiger partial charge in [0, 0.05) is 31.2 Å². The zero-order chi connectivity index (χ0) is 14.5. The second-order valence-corrected chi connectivity index (χ2v) is 5.80. The van der Waals surface area contributed by atoms with E-state index in [0.29, 0.717) is 26.3 Å². The lowest BCUT2D eigenvalue weighted by atomic mass is 9.81. The lowest BCUT2D eigenvalue weighted by Gasteiger charge is -2.42. The van der Waals surface area contributed by atoms with Crippen LogP contribution in [0.5, 0.6) is 0 Å². The standard InChI is InChI=1S/C13H25F3N2O/c1-11(2)18(9-13(14,15)16)8-12(7-17-3)5-4-6-19-10-12/h11,17H,4-10H2,1-3H3. The van der Waals surface area contributed by atoms with Crippen LogP contribution in [0.3, 0.4) is 0 Å². The van der Waals surface area contributed by atoms with E-state index in [1.54, 1.807) is 0 Å². The molecule has 0 radical (unpaired) electrons. The van der Waals surface area contributed by atoms with Gasteiger partial charge in [0.2, 0.25) is 0 Å². The first kappa shape index (κ1) is 16.7. The van der Waals surface area contributed by atoms with Crippen LogP contribution in [-0.2, 0) is 4.74 Å². The molecule has 1 heterocycles. The first-order chi connectivity index (χ1) is 8.78. The number of ether oxygens (including phenoxy) is 1. The third kappa shape index (κ3) is 5.67. The highest BCUT2D eigenvalue weighted by atomic mass is 19.4. The minimum Gasteiger partial charge on any atom is -0.381 e. The molecule has 1 N–H and O–H groups in total. The maximum atomic E-state index is 12.6. The van der Waals surface area contributed by atoms with Gasteiger partial charge in [0.25, 0.3) is 0 Å². The first-order valence-corrected chi connectivity index (χ1v) is 6.81. The van der Waals surface area contributed by atoms with E-state index >= 15 is 0 Å². The van der Waals surface area contributed by atoms with Crippen molar-refractivity contribution in [2.45, 2.75) is 38.9 Å². The van der Waals surface area contributed by atoms with Gasteiger partial charge >= 0.3 is 6.18 Å². The highest BCUT2D eigenvalue weighted by molar-refractivity contribution is 4.88. The van der Waals surface area contributed by atoms with E-state index in [4.69, 9.17) is 4.74 Å². The zero-order valence-corrected chi connectivity index (χ0v) is 12.0. The van der Waals surface area contributed by atoms with Crippen molar-refractivity contribution in [3.05, 3.63) is 0 Å². The van der Waals surface area contributed by atoms with E-state index in [9.17, 15) is 13.2 Å². The van der Waals surface area contributed by atoms with E-state index in [1.165, 1.54) is 4.90 Å². The van der Waals surface area contributed by atoms with Gasteiger partial charge in [-0.05, 0) is 33.7 Å². The fraction of sp³-hybridized carbons (Fsp3) is 1.00. The maximum Gasteiger partial charge on any atom is 0.401 e. The van der Waals surface area contributed by atoms with Gasteiger partial charge in [-0.15, -0.1) is 0 Å². The molecule has 1 rings (SSSR count). The first-order valence-electron chi connectivity index (χ1n) is 6.81. The van der Waals surface area contributed by atoms with Crippen LogP contribution in [0.4, 0.5) is 13.2 Å². The van der Waals surface area contributed by atoms with Gasteiger partial charge < -0.3 is 10.1 Å². The molecule has 0 amide bonds. The molecular formula is C13H25F3N2O. The average molecular weight is 282 g/mol. The van der Waals surface area contributed by atoms with Crippen LogP contribution >= 0.6 is 0 Å². The topological polar surface area (TPSA) is 24.5 Å². The lowest BCUT2D eigenvalue weighted by molar-refractivity contribution is -0.156. The number of hydrogen-bond acceptors (Lipinski definition) is 3. The van der Waals surface area contributed by atoms with Gasteiger partial charge in [-0.2, -0.15) is 13.2 Å². The summed E-state index contributed by atoms with van der Waals surface area (Å²) in [5.41, 5.74) is -0.206. The predicted molar refractivity (Wildman–Crippen MR) is 69.2 cm³/mol. The minimum atomic E-state index is -4.15. The SMILES string of the molecule is CNCC1(CN(CC(F)(F)F)C(C)C)CCCOC1. The third-order valence-corrected chi connectivity index (χ3v) is 3.61. The summed E-state index contributed by atoms with van der Waals surface area (Å²) < 4.78 is 43.4. The number of alkyl halides is 3. The van der Waals surface area contributed by atoms with Crippen LogP contribution in [-0.4, -0.2) is 57.0 Å². The van der Waals surface area contributed by atoms with E-state index < -0.39 is 12.7 Å². The molecule has 1 unspecified atom stereocenters. The molecule has 114 valence electrons. The molecule has 0 aliphatic carbocycles. The second kappa shape index (κ2) is 6.90. The summed E-state index contributed by atoms with van der Waals surface area (Å²) in [7, 11) is 1.83. The van der Waals surface area contributed by atoms with E-state index in [2.05, 4.69) is 5.32 Å². The summed E-state index contributed by atoms with van der Waals surface area (Å²) in [6, 6.07) is -0.128. The van der Waals surface area contributed by atoms with Gasteiger partial charge in [0.1, 0.15) is 0 Å². The van der Waals surface area contributed by atoms with E-state index in [-0.39, 0.29) is 11.5 Å². The molecule has 0 aromatic heterocycles. The van der Waals surface area contributed by atoms with Crippen molar-refractivity contribution in [1.82, 2.24) is 10.2 Å². The van der Waals surface area contributed by atoms with Crippen LogP contribution in [0, 0.1) is 5.41 Å². The molecule has 6 heteroatoms. The van der Waals surface area contributed by atoms with Crippen molar-refractivity contribution in [1.29, 1.82) is 0 Å². The Balaban J connectivity index is 2.72. The Bertz CT molecular complexity index is 258. The third-order valence-electron chi connectivity index (χ3n) is 3.61. The van der Waals surface area contributed by atoms with Crippen LogP contribution in [0.15, 0.2) is 0 Å². The average Bonchev–Trinajstić information content (AvgIpc) is 2.27. The maximum absolute atomic E-state index is 12.6. The highest BCUT2D eigenvalue weighted by Crippen LogP contribution is 2.31. The molecule has 1 aliphatic rings. The number of rotatable bonds is 6. The molecule has 1 atom stereocenters. The number of halogens is 3. The summed E-state index contributed by atoms with van der Waals surface area (Å²) in [5, 5.41) is 3.10. The number of nitrogens with one attached hydrogen (secondary N) is 1. The Morgan fingerprint density at radius 2 is 2.05 bits per heavy atom. The summed E-state index contributed by atoms with van der Waals surface area (Å²) in [6.07, 6.45) is -2.32. The Morgan fingerprint density at radius 3 is 2.47 bits per heavy atom. The summed E-state index contributed by atoms with van der Waals surface area (Å²) in [4.78, 5) is 1.51. The van der Waals surface area contributed by atoms with Gasteiger partial charge in [-0.1, -0.05) is 0 Å². The van der Waals surface area contributed by atoms with Crippen LogP contribution in [0.25, 0.3) is 0 Å². The summed E-state index contributed by atoms with van der Waals surface area (Å²) in [6.45, 7) is 5.13. The smallest absolute Gasteiger partial charge is 0.381 e. The molecule has 0 aromatic carbocycles. The Morgan fingerprint density at radius 1 is 1.37 bits per heavy atom. The van der Waals surface area contributed by atoms with E-state index in [1.807, 2.05) is 20.9 Å². The molecule has 0 spiro atoms. The molecule has 1 saturated heterocycles. The quantitative estimate of drug-likeness (QED) is 0.809. The minimum absolute atomic E-state index is 0.128. The molecule has 0 saturated carbocycles. The van der Waals surface area contributed by atoms with Gasteiger partial charge in [0.05, 0.1) is 13.2 Å². The summed E-state index contributed by atoms with van der Waals surface area (Å²) in [5.74, 6) is 0.